The van der Waals surface area contributed by atoms with E-state index >= 15 is 0 Å². The Labute approximate surface area is 119 Å². The second-order valence-electron chi connectivity index (χ2n) is 3.81. The van der Waals surface area contributed by atoms with Gasteiger partial charge in [-0.3, -0.25) is 4.79 Å². The highest BCUT2D eigenvalue weighted by molar-refractivity contribution is 9.10. The van der Waals surface area contributed by atoms with E-state index in [-0.39, 0.29) is 11.9 Å². The van der Waals surface area contributed by atoms with Gasteiger partial charge in [0.15, 0.2) is 0 Å². The number of anilines is 1. The minimum atomic E-state index is -0.145. The molecule has 17 heavy (non-hydrogen) atoms. The summed E-state index contributed by atoms with van der Waals surface area (Å²) in [7, 11) is 0. The lowest BCUT2D eigenvalue weighted by atomic mass is 10.2. The van der Waals surface area contributed by atoms with Gasteiger partial charge in [0.1, 0.15) is 0 Å². The number of amides is 1. The Morgan fingerprint density at radius 3 is 2.47 bits per heavy atom. The van der Waals surface area contributed by atoms with Crippen LogP contribution >= 0.6 is 39.1 Å². The van der Waals surface area contributed by atoms with Crippen LogP contribution in [0.5, 0.6) is 0 Å². The minimum Gasteiger partial charge on any atom is -0.328 e. The third kappa shape index (κ3) is 4.84. The number of nitrogens with one attached hydrogen (secondary N) is 1. The molecule has 0 aliphatic heterocycles. The summed E-state index contributed by atoms with van der Waals surface area (Å²) < 4.78 is 0.765. The van der Waals surface area contributed by atoms with Crippen LogP contribution in [0.1, 0.15) is 19.8 Å². The number of rotatable bonds is 4. The van der Waals surface area contributed by atoms with Gasteiger partial charge in [0, 0.05) is 16.9 Å². The summed E-state index contributed by atoms with van der Waals surface area (Å²) >= 11 is 15.2. The molecule has 3 nitrogen and oxygen atoms in total. The number of halogens is 3. The lowest BCUT2D eigenvalue weighted by Gasteiger charge is -2.10. The van der Waals surface area contributed by atoms with Gasteiger partial charge < -0.3 is 11.1 Å². The van der Waals surface area contributed by atoms with Gasteiger partial charge in [-0.2, -0.15) is 0 Å². The Kier molecular flexibility index (Phi) is 5.73. The first kappa shape index (κ1) is 14.8. The highest BCUT2D eigenvalue weighted by Gasteiger charge is 2.11. The molecular formula is C11H13BrCl2N2O. The van der Waals surface area contributed by atoms with E-state index in [9.17, 15) is 4.79 Å². The van der Waals surface area contributed by atoms with Gasteiger partial charge in [0.05, 0.1) is 15.7 Å². The third-order valence-corrected chi connectivity index (χ3v) is 3.15. The molecule has 0 aliphatic rings. The monoisotopic (exact) mass is 338 g/mol. The molecule has 0 aliphatic carbocycles. The summed E-state index contributed by atoms with van der Waals surface area (Å²) in [6.07, 6.45) is 0.970. The topological polar surface area (TPSA) is 55.1 Å². The number of nitrogens with two attached hydrogens (primary N) is 1. The Bertz CT molecular complexity index is 401. The quantitative estimate of drug-likeness (QED) is 0.876. The van der Waals surface area contributed by atoms with Crippen molar-refractivity contribution < 1.29 is 4.79 Å². The second kappa shape index (κ2) is 6.59. The smallest absolute Gasteiger partial charge is 0.224 e. The summed E-state index contributed by atoms with van der Waals surface area (Å²) in [5.74, 6) is -0.145. The number of hydrogen-bond donors (Lipinski definition) is 2. The van der Waals surface area contributed by atoms with Crippen LogP contribution < -0.4 is 11.1 Å². The molecule has 0 radical (unpaired) electrons. The molecule has 6 heteroatoms. The predicted molar refractivity (Wildman–Crippen MR) is 75.7 cm³/mol. The highest BCUT2D eigenvalue weighted by atomic mass is 79.9. The summed E-state index contributed by atoms with van der Waals surface area (Å²) in [4.78, 5) is 11.6. The first-order valence-electron chi connectivity index (χ1n) is 5.10. The van der Waals surface area contributed by atoms with Gasteiger partial charge in [0.2, 0.25) is 5.91 Å². The zero-order valence-electron chi connectivity index (χ0n) is 9.27. The van der Waals surface area contributed by atoms with Gasteiger partial charge in [-0.05, 0) is 25.5 Å². The average molecular weight is 340 g/mol. The molecule has 1 rings (SSSR count). The van der Waals surface area contributed by atoms with Crippen molar-refractivity contribution in [3.8, 4) is 0 Å². The average Bonchev–Trinajstić information content (AvgIpc) is 2.20. The van der Waals surface area contributed by atoms with Crippen LogP contribution in [0.25, 0.3) is 0 Å². The Balaban J connectivity index is 2.72. The number of carbonyl (C=O) groups excluding carboxylic acids is 1. The first-order valence-corrected chi connectivity index (χ1v) is 6.65. The van der Waals surface area contributed by atoms with Crippen LogP contribution in [-0.4, -0.2) is 11.9 Å². The standard InChI is InChI=1S/C11H13BrCl2N2O/c1-6(15)2-3-10(17)16-11-8(13)4-7(12)5-9(11)14/h4-6H,2-3,15H2,1H3,(H,16,17). The Morgan fingerprint density at radius 2 is 2.00 bits per heavy atom. The van der Waals surface area contributed by atoms with Crippen molar-refractivity contribution in [2.45, 2.75) is 25.8 Å². The maximum absolute atomic E-state index is 11.6. The molecule has 94 valence electrons. The van der Waals surface area contributed by atoms with Gasteiger partial charge in [-0.25, -0.2) is 0 Å². The highest BCUT2D eigenvalue weighted by Crippen LogP contribution is 2.33. The van der Waals surface area contributed by atoms with Crippen molar-refractivity contribution >= 4 is 50.7 Å². The normalized spacial score (nSPS) is 12.3. The summed E-state index contributed by atoms with van der Waals surface area (Å²) in [6, 6.07) is 3.35. The summed E-state index contributed by atoms with van der Waals surface area (Å²) in [5, 5.41) is 3.48. The molecule has 3 N–H and O–H groups in total. The van der Waals surface area contributed by atoms with Gasteiger partial charge >= 0.3 is 0 Å². The molecule has 0 saturated heterocycles. The van der Waals surface area contributed by atoms with Crippen LogP contribution in [0.3, 0.4) is 0 Å². The summed E-state index contributed by atoms with van der Waals surface area (Å²) in [6.45, 7) is 1.85. The van der Waals surface area contributed by atoms with Gasteiger partial charge in [0.25, 0.3) is 0 Å². The zero-order chi connectivity index (χ0) is 13.0. The van der Waals surface area contributed by atoms with Crippen LogP contribution in [0.2, 0.25) is 10.0 Å². The lowest BCUT2D eigenvalue weighted by molar-refractivity contribution is -0.116. The van der Waals surface area contributed by atoms with E-state index in [1.807, 2.05) is 6.92 Å². The van der Waals surface area contributed by atoms with Crippen molar-refractivity contribution in [2.24, 2.45) is 5.73 Å². The molecular weight excluding hydrogens is 327 g/mol. The molecule has 0 fully saturated rings. The van der Waals surface area contributed by atoms with Crippen LogP contribution in [0.4, 0.5) is 5.69 Å². The van der Waals surface area contributed by atoms with E-state index in [0.29, 0.717) is 28.6 Å². The fourth-order valence-electron chi connectivity index (χ4n) is 1.22. The molecule has 1 amide bonds. The van der Waals surface area contributed by atoms with E-state index in [1.165, 1.54) is 0 Å². The van der Waals surface area contributed by atoms with E-state index in [1.54, 1.807) is 12.1 Å². The van der Waals surface area contributed by atoms with Crippen molar-refractivity contribution in [3.05, 3.63) is 26.7 Å². The molecule has 1 unspecified atom stereocenters. The van der Waals surface area contributed by atoms with Crippen LogP contribution in [0, 0.1) is 0 Å². The fourth-order valence-corrected chi connectivity index (χ4v) is 2.53. The summed E-state index contributed by atoms with van der Waals surface area (Å²) in [5.41, 5.74) is 6.01. The van der Waals surface area contributed by atoms with Crippen molar-refractivity contribution in [1.29, 1.82) is 0 Å². The maximum atomic E-state index is 11.6. The lowest BCUT2D eigenvalue weighted by Crippen LogP contribution is -2.19. The molecule has 0 bridgehead atoms. The third-order valence-electron chi connectivity index (χ3n) is 2.10. The van der Waals surface area contributed by atoms with Gasteiger partial charge in [-0.1, -0.05) is 39.1 Å². The number of carbonyl (C=O) groups is 1. The molecule has 1 atom stereocenters. The van der Waals surface area contributed by atoms with Gasteiger partial charge in [-0.15, -0.1) is 0 Å². The minimum absolute atomic E-state index is 0.00314. The van der Waals surface area contributed by atoms with Crippen molar-refractivity contribution in [2.75, 3.05) is 5.32 Å². The molecule has 0 saturated carbocycles. The number of benzene rings is 1. The zero-order valence-corrected chi connectivity index (χ0v) is 12.4. The fraction of sp³-hybridized carbons (Fsp3) is 0.364. The van der Waals surface area contributed by atoms with Crippen LogP contribution in [-0.2, 0) is 4.79 Å². The van der Waals surface area contributed by atoms with Crippen molar-refractivity contribution in [3.63, 3.8) is 0 Å². The van der Waals surface area contributed by atoms with E-state index in [0.717, 1.165) is 4.47 Å². The van der Waals surface area contributed by atoms with E-state index in [4.69, 9.17) is 28.9 Å². The predicted octanol–water partition coefficient (Wildman–Crippen LogP) is 3.82. The molecule has 1 aromatic carbocycles. The Morgan fingerprint density at radius 1 is 1.47 bits per heavy atom. The first-order chi connectivity index (χ1) is 7.90. The maximum Gasteiger partial charge on any atom is 0.224 e. The molecule has 0 spiro atoms. The molecule has 0 heterocycles. The second-order valence-corrected chi connectivity index (χ2v) is 5.54. The molecule has 0 aromatic heterocycles. The van der Waals surface area contributed by atoms with Crippen molar-refractivity contribution in [1.82, 2.24) is 0 Å². The van der Waals surface area contributed by atoms with E-state index < -0.39 is 0 Å². The SMILES string of the molecule is CC(N)CCC(=O)Nc1c(Cl)cc(Br)cc1Cl. The number of hydrogen-bond acceptors (Lipinski definition) is 2. The largest absolute Gasteiger partial charge is 0.328 e. The van der Waals surface area contributed by atoms with Crippen LogP contribution in [0.15, 0.2) is 16.6 Å². The van der Waals surface area contributed by atoms with E-state index in [2.05, 4.69) is 21.2 Å². The molecule has 1 aromatic rings. The Hall–Kier alpha value is -0.290.